The van der Waals surface area contributed by atoms with Gasteiger partial charge in [0.25, 0.3) is 0 Å². The molecule has 2 heterocycles. The van der Waals surface area contributed by atoms with Crippen LogP contribution in [0.1, 0.15) is 11.4 Å². The Morgan fingerprint density at radius 2 is 1.84 bits per heavy atom. The van der Waals surface area contributed by atoms with Crippen LogP contribution in [-0.4, -0.2) is 66.7 Å². The van der Waals surface area contributed by atoms with Gasteiger partial charge in [0.15, 0.2) is 5.96 Å². The summed E-state index contributed by atoms with van der Waals surface area (Å²) in [4.78, 5) is 16.7. The molecule has 1 aliphatic heterocycles. The Labute approximate surface area is 208 Å². The molecule has 0 saturated carbocycles. The molecule has 0 unspecified atom stereocenters. The van der Waals surface area contributed by atoms with Crippen molar-refractivity contribution < 1.29 is 31.1 Å². The van der Waals surface area contributed by atoms with Crippen LogP contribution in [0.2, 0.25) is 0 Å². The minimum Gasteiger partial charge on any atom is -0.378 e. The van der Waals surface area contributed by atoms with E-state index in [9.17, 15) is 26.3 Å². The van der Waals surface area contributed by atoms with E-state index in [1.165, 1.54) is 30.3 Å². The predicted octanol–water partition coefficient (Wildman–Crippen LogP) is 4.08. The van der Waals surface area contributed by atoms with E-state index in [1.807, 2.05) is 0 Å². The lowest BCUT2D eigenvalue weighted by Crippen LogP contribution is -2.43. The highest BCUT2D eigenvalue weighted by molar-refractivity contribution is 5.82. The number of nitrogens with zero attached hydrogens (tertiary/aromatic N) is 4. The van der Waals surface area contributed by atoms with Gasteiger partial charge in [-0.3, -0.25) is 9.98 Å². The normalized spacial score (nSPS) is 17.3. The Morgan fingerprint density at radius 3 is 2.49 bits per heavy atom. The molecule has 8 nitrogen and oxygen atoms in total. The first-order chi connectivity index (χ1) is 17.5. The van der Waals surface area contributed by atoms with Crippen LogP contribution in [0.15, 0.2) is 64.5 Å². The molecule has 2 aromatic rings. The maximum atomic E-state index is 13.7. The number of allylic oxidation sites excluding steroid dienone is 2. The van der Waals surface area contributed by atoms with Gasteiger partial charge in [0.05, 0.1) is 62.2 Å². The van der Waals surface area contributed by atoms with Crippen LogP contribution in [0.4, 0.5) is 26.3 Å². The number of rotatable bonds is 4. The maximum absolute atomic E-state index is 13.7. The lowest BCUT2D eigenvalue weighted by molar-refractivity contribution is -0.137. The summed E-state index contributed by atoms with van der Waals surface area (Å²) in [5.41, 5.74) is -0.839. The standard InChI is InChI=1S/C23H25F6N7O/c1-3-17(23(27,28)29)20-34-14-30-8-10-37-11-9-31-21(36(20)2)33-13-19-32-12-18(35-19)15-4-6-16(7-5-15)22(24,25)26/h3-7,12,14H,1,8-11,13H2,2H3,(H,30,34)(H,31,33)(H,32,35)/b20-17+. The molecule has 0 atom stereocenters. The van der Waals surface area contributed by atoms with Crippen LogP contribution >= 0.6 is 0 Å². The molecule has 3 N–H and O–H groups in total. The minimum absolute atomic E-state index is 0.0292. The summed E-state index contributed by atoms with van der Waals surface area (Å²) in [6.07, 6.45) is -5.86. The van der Waals surface area contributed by atoms with Crippen molar-refractivity contribution in [2.75, 3.05) is 33.4 Å². The predicted molar refractivity (Wildman–Crippen MR) is 127 cm³/mol. The van der Waals surface area contributed by atoms with E-state index in [0.29, 0.717) is 23.2 Å². The number of hydrogen-bond donors (Lipinski definition) is 3. The van der Waals surface area contributed by atoms with Crippen molar-refractivity contribution in [3.63, 3.8) is 0 Å². The number of hydrogen-bond acceptors (Lipinski definition) is 7. The van der Waals surface area contributed by atoms with Crippen molar-refractivity contribution in [3.05, 3.63) is 65.9 Å². The molecule has 0 spiro atoms. The molecular formula is C23H25F6N7O. The van der Waals surface area contributed by atoms with Gasteiger partial charge in [0.1, 0.15) is 11.6 Å². The second-order valence-electron chi connectivity index (χ2n) is 7.69. The molecule has 200 valence electrons. The minimum atomic E-state index is -4.70. The fourth-order valence-corrected chi connectivity index (χ4v) is 3.30. The number of halogens is 6. The number of alkyl halides is 6. The number of aromatic nitrogens is 2. The Hall–Kier alpha value is -3.81. The highest BCUT2D eigenvalue weighted by Crippen LogP contribution is 2.31. The quantitative estimate of drug-likeness (QED) is 0.520. The van der Waals surface area contributed by atoms with Crippen molar-refractivity contribution in [1.82, 2.24) is 25.5 Å². The average molecular weight is 529 g/mol. The third kappa shape index (κ3) is 7.59. The van der Waals surface area contributed by atoms with E-state index in [1.54, 1.807) is 0 Å². The third-order valence-electron chi connectivity index (χ3n) is 5.14. The highest BCUT2D eigenvalue weighted by Gasteiger charge is 2.36. The zero-order valence-electron chi connectivity index (χ0n) is 19.7. The molecule has 0 aliphatic carbocycles. The zero-order valence-corrected chi connectivity index (χ0v) is 19.7. The molecule has 37 heavy (non-hydrogen) atoms. The van der Waals surface area contributed by atoms with Gasteiger partial charge in [-0.25, -0.2) is 4.98 Å². The molecule has 0 bridgehead atoms. The van der Waals surface area contributed by atoms with Gasteiger partial charge in [-0.05, 0) is 17.7 Å². The summed E-state index contributed by atoms with van der Waals surface area (Å²) < 4.78 is 84.8. The Kier molecular flexibility index (Phi) is 8.97. The molecule has 1 aromatic heterocycles. The Bertz CT molecular complexity index is 1150. The SMILES string of the molecule is C=C/C(=C1/NC=NCCOCCN=C(NCc2ncc(-c3ccc(C(F)(F)F)cc3)[nH]2)N1C)C(F)(F)F. The summed E-state index contributed by atoms with van der Waals surface area (Å²) in [6.45, 7) is 4.24. The molecule has 0 fully saturated rings. The van der Waals surface area contributed by atoms with E-state index in [0.717, 1.165) is 18.5 Å². The smallest absolute Gasteiger partial charge is 0.378 e. The van der Waals surface area contributed by atoms with Gasteiger partial charge in [0, 0.05) is 7.05 Å². The molecular weight excluding hydrogens is 504 g/mol. The Morgan fingerprint density at radius 1 is 1.14 bits per heavy atom. The van der Waals surface area contributed by atoms with Gasteiger partial charge in [-0.2, -0.15) is 26.3 Å². The topological polar surface area (TPSA) is 89.9 Å². The van der Waals surface area contributed by atoms with Crippen molar-refractivity contribution in [2.24, 2.45) is 9.98 Å². The fraction of sp³-hybridized carbons (Fsp3) is 0.348. The molecule has 1 aromatic carbocycles. The van der Waals surface area contributed by atoms with Gasteiger partial charge in [0.2, 0.25) is 0 Å². The number of H-pyrrole nitrogens is 1. The number of aliphatic imine (C=N–C) groups is 2. The second kappa shape index (κ2) is 12.0. The van der Waals surface area contributed by atoms with E-state index in [4.69, 9.17) is 4.74 Å². The number of benzene rings is 1. The molecule has 1 aliphatic rings. The maximum Gasteiger partial charge on any atom is 0.419 e. The summed E-state index contributed by atoms with van der Waals surface area (Å²) in [7, 11) is 1.39. The number of ether oxygens (including phenoxy) is 1. The van der Waals surface area contributed by atoms with Crippen molar-refractivity contribution >= 4 is 12.3 Å². The van der Waals surface area contributed by atoms with Gasteiger partial charge in [-0.15, -0.1) is 0 Å². The first-order valence-electron chi connectivity index (χ1n) is 11.0. The average Bonchev–Trinajstić information content (AvgIpc) is 3.30. The number of aromatic amines is 1. The van der Waals surface area contributed by atoms with Crippen molar-refractivity contribution in [3.8, 4) is 11.3 Å². The third-order valence-corrected chi connectivity index (χ3v) is 5.14. The van der Waals surface area contributed by atoms with Crippen LogP contribution in [0.25, 0.3) is 11.3 Å². The monoisotopic (exact) mass is 529 g/mol. The highest BCUT2D eigenvalue weighted by atomic mass is 19.4. The van der Waals surface area contributed by atoms with E-state index in [-0.39, 0.29) is 44.6 Å². The largest absolute Gasteiger partial charge is 0.419 e. The van der Waals surface area contributed by atoms with Gasteiger partial charge in [-0.1, -0.05) is 24.8 Å². The van der Waals surface area contributed by atoms with Crippen LogP contribution in [0.3, 0.4) is 0 Å². The van der Waals surface area contributed by atoms with E-state index >= 15 is 0 Å². The summed E-state index contributed by atoms with van der Waals surface area (Å²) in [6, 6.07) is 4.56. The number of guanidine groups is 1. The molecule has 14 heteroatoms. The van der Waals surface area contributed by atoms with Crippen LogP contribution in [0, 0.1) is 0 Å². The first kappa shape index (κ1) is 27.8. The van der Waals surface area contributed by atoms with Crippen molar-refractivity contribution in [1.29, 1.82) is 0 Å². The lowest BCUT2D eigenvalue weighted by Gasteiger charge is -2.27. The molecule has 0 radical (unpaired) electrons. The van der Waals surface area contributed by atoms with Crippen LogP contribution in [-0.2, 0) is 17.5 Å². The van der Waals surface area contributed by atoms with E-state index in [2.05, 4.69) is 37.2 Å². The summed E-state index contributed by atoms with van der Waals surface area (Å²) in [5.74, 6) is 0.119. The van der Waals surface area contributed by atoms with Crippen molar-refractivity contribution in [2.45, 2.75) is 18.9 Å². The van der Waals surface area contributed by atoms with E-state index < -0.39 is 23.5 Å². The Balaban J connectivity index is 1.82. The van der Waals surface area contributed by atoms with Gasteiger partial charge < -0.3 is 25.3 Å². The molecule has 0 saturated heterocycles. The fourth-order valence-electron chi connectivity index (χ4n) is 3.30. The number of imidazole rings is 1. The van der Waals surface area contributed by atoms with Crippen LogP contribution in [0.5, 0.6) is 0 Å². The van der Waals surface area contributed by atoms with Crippen LogP contribution < -0.4 is 10.6 Å². The van der Waals surface area contributed by atoms with Gasteiger partial charge >= 0.3 is 12.4 Å². The molecule has 3 rings (SSSR count). The first-order valence-corrected chi connectivity index (χ1v) is 11.0. The zero-order chi connectivity index (χ0) is 27.1. The lowest BCUT2D eigenvalue weighted by atomic mass is 10.1. The number of nitrogens with one attached hydrogen (secondary N) is 3. The second-order valence-corrected chi connectivity index (χ2v) is 7.69. The summed E-state index contributed by atoms with van der Waals surface area (Å²) >= 11 is 0. The summed E-state index contributed by atoms with van der Waals surface area (Å²) in [5, 5.41) is 5.51. The molecule has 0 amide bonds.